The number of alkyl halides is 3. The Morgan fingerprint density at radius 1 is 1.58 bits per heavy atom. The Labute approximate surface area is 116 Å². The zero-order valence-electron chi connectivity index (χ0n) is 8.77. The fourth-order valence-corrected chi connectivity index (χ4v) is 1.83. The molecule has 19 heavy (non-hydrogen) atoms. The molecule has 104 valence electrons. The van der Waals surface area contributed by atoms with Gasteiger partial charge in [0, 0.05) is 22.6 Å². The number of pyridine rings is 1. The van der Waals surface area contributed by atoms with Gasteiger partial charge in [0.15, 0.2) is 0 Å². The van der Waals surface area contributed by atoms with Crippen molar-refractivity contribution >= 4 is 34.4 Å². The quantitative estimate of drug-likeness (QED) is 0.365. The molecule has 0 saturated carbocycles. The molecular formula is C8H4F3IN2O5. The highest BCUT2D eigenvalue weighted by atomic mass is 127. The van der Waals surface area contributed by atoms with Crippen LogP contribution in [0.2, 0.25) is 0 Å². The van der Waals surface area contributed by atoms with E-state index in [-0.39, 0.29) is 9.26 Å². The molecule has 1 N–H and O–H groups in total. The van der Waals surface area contributed by atoms with Gasteiger partial charge in [-0.2, -0.15) is 0 Å². The fourth-order valence-electron chi connectivity index (χ4n) is 1.13. The van der Waals surface area contributed by atoms with Gasteiger partial charge in [0.2, 0.25) is 3.70 Å². The number of carbonyl (C=O) groups is 1. The van der Waals surface area contributed by atoms with Gasteiger partial charge in [0.05, 0.1) is 18.1 Å². The number of aliphatic carboxylic acids is 1. The molecule has 0 bridgehead atoms. The standard InChI is InChI=1S/C8H4F3IN2O5/c9-8(10,11)19-4-2-5(14(17)18)13-7(12)3(4)1-6(15)16/h2H,1H2,(H,15,16). The summed E-state index contributed by atoms with van der Waals surface area (Å²) in [6.07, 6.45) is -5.89. The Morgan fingerprint density at radius 3 is 2.58 bits per heavy atom. The SMILES string of the molecule is O=C(O)Cc1c(OC(F)(F)F)cc([N+](=O)[O-])nc1I. The van der Waals surface area contributed by atoms with E-state index in [1.54, 1.807) is 0 Å². The molecule has 0 aliphatic heterocycles. The summed E-state index contributed by atoms with van der Waals surface area (Å²) < 4.78 is 39.8. The third-order valence-electron chi connectivity index (χ3n) is 1.76. The van der Waals surface area contributed by atoms with Crippen LogP contribution in [-0.2, 0) is 11.2 Å². The lowest BCUT2D eigenvalue weighted by molar-refractivity contribution is -0.389. The number of carboxylic acid groups (broad SMARTS) is 1. The maximum Gasteiger partial charge on any atom is 0.573 e. The molecule has 0 unspecified atom stereocenters. The van der Waals surface area contributed by atoms with Crippen LogP contribution in [0.4, 0.5) is 19.0 Å². The van der Waals surface area contributed by atoms with Crippen molar-refractivity contribution in [1.29, 1.82) is 0 Å². The molecular weight excluding hydrogens is 388 g/mol. The van der Waals surface area contributed by atoms with Crippen LogP contribution in [0, 0.1) is 13.8 Å². The van der Waals surface area contributed by atoms with Crippen LogP contribution < -0.4 is 4.74 Å². The lowest BCUT2D eigenvalue weighted by Crippen LogP contribution is -2.20. The molecule has 0 aliphatic rings. The Balaban J connectivity index is 3.35. The van der Waals surface area contributed by atoms with Crippen molar-refractivity contribution in [3.05, 3.63) is 25.4 Å². The summed E-state index contributed by atoms with van der Waals surface area (Å²) >= 11 is 1.40. The van der Waals surface area contributed by atoms with E-state index in [1.807, 2.05) is 0 Å². The molecule has 0 aromatic carbocycles. The summed E-state index contributed by atoms with van der Waals surface area (Å²) in [4.78, 5) is 23.4. The Hall–Kier alpha value is -1.66. The summed E-state index contributed by atoms with van der Waals surface area (Å²) in [6, 6.07) is 0.438. The molecule has 1 aromatic heterocycles. The summed E-state index contributed by atoms with van der Waals surface area (Å²) in [5, 5.41) is 19.1. The van der Waals surface area contributed by atoms with Crippen LogP contribution in [0.5, 0.6) is 5.75 Å². The number of nitrogens with zero attached hydrogens (tertiary/aromatic N) is 2. The van der Waals surface area contributed by atoms with Crippen molar-refractivity contribution in [2.45, 2.75) is 12.8 Å². The molecule has 0 radical (unpaired) electrons. The first kappa shape index (κ1) is 15.4. The van der Waals surface area contributed by atoms with Gasteiger partial charge in [0.25, 0.3) is 0 Å². The minimum atomic E-state index is -5.09. The largest absolute Gasteiger partial charge is 0.573 e. The predicted molar refractivity (Wildman–Crippen MR) is 61.6 cm³/mol. The predicted octanol–water partition coefficient (Wildman–Crippen LogP) is 2.12. The summed E-state index contributed by atoms with van der Waals surface area (Å²) in [7, 11) is 0. The van der Waals surface area contributed by atoms with Gasteiger partial charge in [-0.3, -0.25) is 4.79 Å². The van der Waals surface area contributed by atoms with Crippen LogP contribution in [0.1, 0.15) is 5.56 Å². The van der Waals surface area contributed by atoms with E-state index in [4.69, 9.17) is 5.11 Å². The van der Waals surface area contributed by atoms with Crippen molar-refractivity contribution in [1.82, 2.24) is 4.98 Å². The number of aromatic nitrogens is 1. The van der Waals surface area contributed by atoms with Gasteiger partial charge in [-0.15, -0.1) is 13.2 Å². The number of ether oxygens (including phenoxy) is 1. The third-order valence-corrected chi connectivity index (χ3v) is 2.65. The highest BCUT2D eigenvalue weighted by Crippen LogP contribution is 2.32. The molecule has 11 heteroatoms. The second-order valence-corrected chi connectivity index (χ2v) is 4.15. The summed E-state index contributed by atoms with van der Waals surface area (Å²) in [5.41, 5.74) is -0.379. The van der Waals surface area contributed by atoms with Crippen molar-refractivity contribution in [2.24, 2.45) is 0 Å². The van der Waals surface area contributed by atoms with E-state index in [1.165, 1.54) is 22.6 Å². The first-order chi connectivity index (χ1) is 8.60. The van der Waals surface area contributed by atoms with Gasteiger partial charge in [-0.05, 0) is 9.91 Å². The summed E-state index contributed by atoms with van der Waals surface area (Å²) in [5.74, 6) is -3.22. The van der Waals surface area contributed by atoms with Gasteiger partial charge < -0.3 is 20.0 Å². The third kappa shape index (κ3) is 4.50. The first-order valence-corrected chi connectivity index (χ1v) is 5.49. The molecule has 7 nitrogen and oxygen atoms in total. The molecule has 1 heterocycles. The molecule has 0 fully saturated rings. The number of nitro groups is 1. The Morgan fingerprint density at radius 2 is 2.16 bits per heavy atom. The van der Waals surface area contributed by atoms with E-state index in [9.17, 15) is 28.1 Å². The van der Waals surface area contributed by atoms with Gasteiger partial charge in [0.1, 0.15) is 5.75 Å². The fraction of sp³-hybridized carbons (Fsp3) is 0.250. The van der Waals surface area contributed by atoms with E-state index >= 15 is 0 Å². The number of halogens is 4. The van der Waals surface area contributed by atoms with Crippen LogP contribution in [0.15, 0.2) is 6.07 Å². The van der Waals surface area contributed by atoms with E-state index in [2.05, 4.69) is 9.72 Å². The van der Waals surface area contributed by atoms with Gasteiger partial charge in [-0.1, -0.05) is 0 Å². The van der Waals surface area contributed by atoms with Gasteiger partial charge in [-0.25, -0.2) is 0 Å². The monoisotopic (exact) mass is 392 g/mol. The van der Waals surface area contributed by atoms with Crippen molar-refractivity contribution in [3.63, 3.8) is 0 Å². The van der Waals surface area contributed by atoms with E-state index in [0.717, 1.165) is 0 Å². The normalized spacial score (nSPS) is 11.2. The minimum absolute atomic E-state index is 0.242. The zero-order chi connectivity index (χ0) is 14.8. The Bertz CT molecular complexity index is 534. The van der Waals surface area contributed by atoms with Gasteiger partial charge >= 0.3 is 18.1 Å². The maximum atomic E-state index is 12.2. The van der Waals surface area contributed by atoms with Crippen LogP contribution in [0.3, 0.4) is 0 Å². The second-order valence-electron chi connectivity index (χ2n) is 3.12. The lowest BCUT2D eigenvalue weighted by Gasteiger charge is -2.11. The van der Waals surface area contributed by atoms with Crippen molar-refractivity contribution in [2.75, 3.05) is 0 Å². The summed E-state index contributed by atoms with van der Waals surface area (Å²) in [6.45, 7) is 0. The van der Waals surface area contributed by atoms with Crippen LogP contribution >= 0.6 is 22.6 Å². The average molecular weight is 392 g/mol. The number of rotatable bonds is 4. The molecule has 1 rings (SSSR count). The number of hydrogen-bond acceptors (Lipinski definition) is 5. The molecule has 0 amide bonds. The maximum absolute atomic E-state index is 12.2. The van der Waals surface area contributed by atoms with Crippen LogP contribution in [0.25, 0.3) is 0 Å². The molecule has 0 aliphatic carbocycles. The first-order valence-electron chi connectivity index (χ1n) is 4.41. The average Bonchev–Trinajstić information content (AvgIpc) is 2.19. The topological polar surface area (TPSA) is 103 Å². The van der Waals surface area contributed by atoms with Crippen LogP contribution in [-0.4, -0.2) is 27.3 Å². The smallest absolute Gasteiger partial charge is 0.481 e. The molecule has 0 saturated heterocycles. The zero-order valence-corrected chi connectivity index (χ0v) is 10.9. The minimum Gasteiger partial charge on any atom is -0.481 e. The number of carboxylic acids is 1. The number of hydrogen-bond donors (Lipinski definition) is 1. The molecule has 0 spiro atoms. The highest BCUT2D eigenvalue weighted by Gasteiger charge is 2.34. The molecule has 0 atom stereocenters. The lowest BCUT2D eigenvalue weighted by atomic mass is 10.2. The van der Waals surface area contributed by atoms with Crippen molar-refractivity contribution in [3.8, 4) is 5.75 Å². The van der Waals surface area contributed by atoms with E-state index < -0.39 is 35.2 Å². The second kappa shape index (κ2) is 5.54. The highest BCUT2D eigenvalue weighted by molar-refractivity contribution is 14.1. The molecule has 1 aromatic rings. The van der Waals surface area contributed by atoms with Crippen molar-refractivity contribution < 1.29 is 32.7 Å². The Kier molecular flexibility index (Phi) is 4.49. The van der Waals surface area contributed by atoms with E-state index in [0.29, 0.717) is 6.07 Å².